The average Bonchev–Trinajstić information content (AvgIpc) is 2.54. The summed E-state index contributed by atoms with van der Waals surface area (Å²) in [6.45, 7) is 0.0366. The van der Waals surface area contributed by atoms with Crippen LogP contribution >= 0.6 is 0 Å². The maximum atomic E-state index is 12.4. The summed E-state index contributed by atoms with van der Waals surface area (Å²) in [6.07, 6.45) is 1.73. The summed E-state index contributed by atoms with van der Waals surface area (Å²) in [7, 11) is 1.59. The number of Topliss-reactive ketones (excluding diaryl/α,β-unsaturated/α-hetero) is 1. The van der Waals surface area contributed by atoms with Crippen LogP contribution in [0.15, 0.2) is 42.0 Å². The van der Waals surface area contributed by atoms with Gasteiger partial charge in [-0.3, -0.25) is 4.79 Å². The van der Waals surface area contributed by atoms with E-state index in [1.165, 1.54) is 12.1 Å². The Morgan fingerprint density at radius 3 is 2.55 bits per heavy atom. The Bertz CT molecular complexity index is 759. The topological polar surface area (TPSA) is 76.0 Å². The highest BCUT2D eigenvalue weighted by Crippen LogP contribution is 2.41. The number of hydrogen-bond donors (Lipinski definition) is 2. The van der Waals surface area contributed by atoms with Crippen molar-refractivity contribution in [3.8, 4) is 23.0 Å². The van der Waals surface area contributed by atoms with E-state index < -0.39 is 5.75 Å². The van der Waals surface area contributed by atoms with Crippen molar-refractivity contribution in [3.63, 3.8) is 0 Å². The zero-order chi connectivity index (χ0) is 15.7. The molecule has 1 aliphatic rings. The summed E-state index contributed by atoms with van der Waals surface area (Å²) in [5.74, 6) is -0.188. The molecule has 22 heavy (non-hydrogen) atoms. The Kier molecular flexibility index (Phi) is 3.47. The van der Waals surface area contributed by atoms with Gasteiger partial charge in [-0.25, -0.2) is 0 Å². The SMILES string of the molecule is COc1ccc(/C=C2/COc3c(ccc(O)c3O)C2=O)cc1. The Morgan fingerprint density at radius 2 is 1.86 bits per heavy atom. The van der Waals surface area contributed by atoms with Crippen molar-refractivity contribution in [2.45, 2.75) is 0 Å². The first kappa shape index (κ1) is 14.0. The Morgan fingerprint density at radius 1 is 1.14 bits per heavy atom. The van der Waals surface area contributed by atoms with E-state index >= 15 is 0 Å². The van der Waals surface area contributed by atoms with Crippen LogP contribution < -0.4 is 9.47 Å². The van der Waals surface area contributed by atoms with Crippen molar-refractivity contribution in [3.05, 3.63) is 53.1 Å². The quantitative estimate of drug-likeness (QED) is 0.658. The van der Waals surface area contributed by atoms with E-state index in [0.29, 0.717) is 5.57 Å². The van der Waals surface area contributed by atoms with Crippen molar-refractivity contribution in [1.29, 1.82) is 0 Å². The molecule has 5 nitrogen and oxygen atoms in total. The average molecular weight is 298 g/mol. The Balaban J connectivity index is 1.95. The van der Waals surface area contributed by atoms with Crippen LogP contribution in [0.25, 0.3) is 6.08 Å². The molecule has 2 aromatic carbocycles. The lowest BCUT2D eigenvalue weighted by Crippen LogP contribution is -2.19. The molecule has 112 valence electrons. The zero-order valence-electron chi connectivity index (χ0n) is 11.9. The van der Waals surface area contributed by atoms with E-state index in [9.17, 15) is 15.0 Å². The summed E-state index contributed by atoms with van der Waals surface area (Å²) in [5.41, 5.74) is 1.56. The number of ether oxygens (including phenoxy) is 2. The summed E-state index contributed by atoms with van der Waals surface area (Å²) in [5, 5.41) is 19.2. The maximum absolute atomic E-state index is 12.4. The van der Waals surface area contributed by atoms with Gasteiger partial charge in [-0.05, 0) is 35.9 Å². The normalized spacial score (nSPS) is 15.3. The van der Waals surface area contributed by atoms with E-state index in [1.54, 1.807) is 25.3 Å². The van der Waals surface area contributed by atoms with Crippen LogP contribution in [-0.2, 0) is 0 Å². The van der Waals surface area contributed by atoms with Gasteiger partial charge in [0.2, 0.25) is 5.75 Å². The van der Waals surface area contributed by atoms with Gasteiger partial charge in [0.05, 0.1) is 12.7 Å². The number of carbonyl (C=O) groups is 1. The number of phenols is 2. The smallest absolute Gasteiger partial charge is 0.201 e. The third kappa shape index (κ3) is 2.37. The number of carbonyl (C=O) groups excluding carboxylic acids is 1. The molecular formula is C17H14O5. The van der Waals surface area contributed by atoms with E-state index in [2.05, 4.69) is 0 Å². The molecule has 0 aliphatic carbocycles. The van der Waals surface area contributed by atoms with Gasteiger partial charge in [0.1, 0.15) is 12.4 Å². The molecule has 0 aromatic heterocycles. The molecule has 0 bridgehead atoms. The van der Waals surface area contributed by atoms with Crippen LogP contribution in [0.5, 0.6) is 23.0 Å². The number of methoxy groups -OCH3 is 1. The predicted octanol–water partition coefficient (Wildman–Crippen LogP) is 2.77. The summed E-state index contributed by atoms with van der Waals surface area (Å²) >= 11 is 0. The molecular weight excluding hydrogens is 284 g/mol. The van der Waals surface area contributed by atoms with Gasteiger partial charge in [-0.2, -0.15) is 0 Å². The molecule has 2 N–H and O–H groups in total. The third-order valence-corrected chi connectivity index (χ3v) is 3.48. The number of rotatable bonds is 2. The second-order valence-electron chi connectivity index (χ2n) is 4.87. The number of ketones is 1. The first-order chi connectivity index (χ1) is 10.6. The first-order valence-corrected chi connectivity index (χ1v) is 6.67. The molecule has 3 rings (SSSR count). The molecule has 0 amide bonds. The molecule has 0 atom stereocenters. The number of fused-ring (bicyclic) bond motifs is 1. The lowest BCUT2D eigenvalue weighted by atomic mass is 9.98. The molecule has 0 unspecified atom stereocenters. The van der Waals surface area contributed by atoms with Gasteiger partial charge in [0.15, 0.2) is 17.3 Å². The van der Waals surface area contributed by atoms with Crippen LogP contribution in [0, 0.1) is 0 Å². The van der Waals surface area contributed by atoms with Crippen molar-refractivity contribution >= 4 is 11.9 Å². The zero-order valence-corrected chi connectivity index (χ0v) is 11.9. The number of aromatic hydroxyl groups is 2. The largest absolute Gasteiger partial charge is 0.504 e. The van der Waals surface area contributed by atoms with Crippen molar-refractivity contribution in [2.24, 2.45) is 0 Å². The molecule has 0 saturated carbocycles. The highest BCUT2D eigenvalue weighted by Gasteiger charge is 2.27. The van der Waals surface area contributed by atoms with Crippen LogP contribution in [0.3, 0.4) is 0 Å². The molecule has 1 heterocycles. The fraction of sp³-hybridized carbons (Fsp3) is 0.118. The number of benzene rings is 2. The van der Waals surface area contributed by atoms with Gasteiger partial charge in [-0.15, -0.1) is 0 Å². The number of hydrogen-bond acceptors (Lipinski definition) is 5. The predicted molar refractivity (Wildman–Crippen MR) is 80.6 cm³/mol. The van der Waals surface area contributed by atoms with Crippen molar-refractivity contribution < 1.29 is 24.5 Å². The Labute approximate surface area is 127 Å². The molecule has 0 fully saturated rings. The van der Waals surface area contributed by atoms with Gasteiger partial charge >= 0.3 is 0 Å². The lowest BCUT2D eigenvalue weighted by Gasteiger charge is -2.20. The van der Waals surface area contributed by atoms with E-state index in [4.69, 9.17) is 9.47 Å². The molecule has 0 spiro atoms. The van der Waals surface area contributed by atoms with Crippen LogP contribution in [0.4, 0.5) is 0 Å². The summed E-state index contributed by atoms with van der Waals surface area (Å²) in [6, 6.07) is 9.99. The minimum Gasteiger partial charge on any atom is -0.504 e. The standard InChI is InChI=1S/C17H14O5/c1-21-12-4-2-10(3-5-12)8-11-9-22-17-13(15(11)19)6-7-14(18)16(17)20/h2-8,18,20H,9H2,1H3/b11-8-. The van der Waals surface area contributed by atoms with Crippen LogP contribution in [0.1, 0.15) is 15.9 Å². The fourth-order valence-corrected chi connectivity index (χ4v) is 2.28. The minimum atomic E-state index is -0.408. The van der Waals surface area contributed by atoms with Gasteiger partial charge in [0, 0.05) is 5.57 Å². The van der Waals surface area contributed by atoms with Crippen LogP contribution in [0.2, 0.25) is 0 Å². The molecule has 0 radical (unpaired) electrons. The van der Waals surface area contributed by atoms with E-state index in [1.807, 2.05) is 12.1 Å². The van der Waals surface area contributed by atoms with Gasteiger partial charge < -0.3 is 19.7 Å². The molecule has 0 saturated heterocycles. The van der Waals surface area contributed by atoms with Gasteiger partial charge in [0.25, 0.3) is 0 Å². The molecule has 5 heteroatoms. The van der Waals surface area contributed by atoms with E-state index in [-0.39, 0.29) is 29.5 Å². The number of phenolic OH excluding ortho intramolecular Hbond substituents is 2. The van der Waals surface area contributed by atoms with Gasteiger partial charge in [-0.1, -0.05) is 12.1 Å². The first-order valence-electron chi connectivity index (χ1n) is 6.67. The Hall–Kier alpha value is -2.95. The van der Waals surface area contributed by atoms with E-state index in [0.717, 1.165) is 11.3 Å². The second-order valence-corrected chi connectivity index (χ2v) is 4.87. The maximum Gasteiger partial charge on any atom is 0.201 e. The second kappa shape index (κ2) is 5.44. The highest BCUT2D eigenvalue weighted by atomic mass is 16.5. The fourth-order valence-electron chi connectivity index (χ4n) is 2.28. The lowest BCUT2D eigenvalue weighted by molar-refractivity contribution is 0.0998. The summed E-state index contributed by atoms with van der Waals surface area (Å²) in [4.78, 5) is 12.4. The molecule has 1 aliphatic heterocycles. The molecule has 2 aromatic rings. The highest BCUT2D eigenvalue weighted by molar-refractivity contribution is 6.14. The van der Waals surface area contributed by atoms with Crippen LogP contribution in [-0.4, -0.2) is 29.7 Å². The summed E-state index contributed by atoms with van der Waals surface area (Å²) < 4.78 is 10.5. The minimum absolute atomic E-state index is 0.0249. The van der Waals surface area contributed by atoms with Crippen molar-refractivity contribution in [2.75, 3.05) is 13.7 Å². The van der Waals surface area contributed by atoms with Crippen molar-refractivity contribution in [1.82, 2.24) is 0 Å². The third-order valence-electron chi connectivity index (χ3n) is 3.48. The monoisotopic (exact) mass is 298 g/mol.